The number of nitrogens with zero attached hydrogens (tertiary/aromatic N) is 1. The number of sulfonamides is 1. The van der Waals surface area contributed by atoms with Gasteiger partial charge < -0.3 is 9.47 Å². The molecule has 2 amide bonds. The van der Waals surface area contributed by atoms with Gasteiger partial charge in [-0.15, -0.1) is 0 Å². The van der Waals surface area contributed by atoms with Crippen LogP contribution in [0.2, 0.25) is 0 Å². The predicted octanol–water partition coefficient (Wildman–Crippen LogP) is 5.99. The Kier molecular flexibility index (Phi) is 9.17. The molecule has 1 saturated heterocycles. The van der Waals surface area contributed by atoms with Gasteiger partial charge in [-0.3, -0.25) is 14.5 Å². The van der Waals surface area contributed by atoms with Crippen molar-refractivity contribution in [3.63, 3.8) is 0 Å². The van der Waals surface area contributed by atoms with Crippen LogP contribution < -0.4 is 14.2 Å². The summed E-state index contributed by atoms with van der Waals surface area (Å²) in [6.07, 6.45) is -6.07. The van der Waals surface area contributed by atoms with E-state index in [9.17, 15) is 35.6 Å². The molecule has 1 N–H and O–H groups in total. The highest BCUT2D eigenvalue weighted by Gasteiger charge is 2.51. The second-order valence-corrected chi connectivity index (χ2v) is 12.3. The Hall–Kier alpha value is -4.75. The summed E-state index contributed by atoms with van der Waals surface area (Å²) in [5.74, 6) is -3.01. The molecule has 46 heavy (non-hydrogen) atoms. The predicted molar refractivity (Wildman–Crippen MR) is 159 cm³/mol. The van der Waals surface area contributed by atoms with Gasteiger partial charge in [-0.05, 0) is 84.3 Å². The van der Waals surface area contributed by atoms with E-state index in [1.165, 1.54) is 19.1 Å². The lowest BCUT2D eigenvalue weighted by molar-refractivity contribution is -0.141. The van der Waals surface area contributed by atoms with Gasteiger partial charge >= 0.3 is 6.18 Å². The van der Waals surface area contributed by atoms with Crippen LogP contribution in [0, 0.1) is 5.82 Å². The summed E-state index contributed by atoms with van der Waals surface area (Å²) in [5, 5.41) is 0. The zero-order valence-electron chi connectivity index (χ0n) is 24.5. The fourth-order valence-electron chi connectivity index (χ4n) is 5.24. The minimum atomic E-state index is -4.66. The molecule has 5 rings (SSSR count). The van der Waals surface area contributed by atoms with Gasteiger partial charge in [0.2, 0.25) is 21.8 Å². The standard InChI is InChI=1S/C33H28F4N2O6S/c1-20(38-46(42,43)28-17-9-24(10-18-28)33(35,36)37)39-31(40)29(22-5-11-25(34)12-6-22)30(32(39)41)23-7-15-27(16-8-23)45-19-21-3-13-26(44-2)14-4-21/h3-18,20,29-30,38H,19H2,1-2H3. The van der Waals surface area contributed by atoms with Gasteiger partial charge in [-0.2, -0.15) is 17.9 Å². The summed E-state index contributed by atoms with van der Waals surface area (Å²) in [6, 6.07) is 21.7. The smallest absolute Gasteiger partial charge is 0.416 e. The second kappa shape index (κ2) is 12.9. The third-order valence-corrected chi connectivity index (χ3v) is 9.12. The van der Waals surface area contributed by atoms with Gasteiger partial charge in [0.1, 0.15) is 30.1 Å². The minimum absolute atomic E-state index is 0.257. The highest BCUT2D eigenvalue weighted by molar-refractivity contribution is 7.89. The maximum atomic E-state index is 13.9. The molecule has 8 nitrogen and oxygen atoms in total. The molecule has 1 fully saturated rings. The molecule has 13 heteroatoms. The van der Waals surface area contributed by atoms with Gasteiger partial charge in [0.25, 0.3) is 0 Å². The van der Waals surface area contributed by atoms with E-state index in [1.54, 1.807) is 43.5 Å². The number of hydrogen-bond acceptors (Lipinski definition) is 6. The maximum absolute atomic E-state index is 13.9. The SMILES string of the molecule is COc1ccc(COc2ccc(C3C(=O)N(C(C)NS(=O)(=O)c4ccc(C(F)(F)F)cc4)C(=O)C3c3ccc(F)cc3)cc2)cc1. The van der Waals surface area contributed by atoms with Crippen LogP contribution in [-0.2, 0) is 32.4 Å². The molecular formula is C33H28F4N2O6S. The number of carbonyl (C=O) groups excluding carboxylic acids is 2. The largest absolute Gasteiger partial charge is 0.497 e. The fourth-order valence-corrected chi connectivity index (χ4v) is 6.43. The van der Waals surface area contributed by atoms with Crippen LogP contribution in [0.3, 0.4) is 0 Å². The number of nitrogens with one attached hydrogen (secondary N) is 1. The zero-order valence-corrected chi connectivity index (χ0v) is 25.3. The van der Waals surface area contributed by atoms with Crippen LogP contribution in [0.1, 0.15) is 41.0 Å². The molecule has 0 bridgehead atoms. The van der Waals surface area contributed by atoms with Gasteiger partial charge in [0.05, 0.1) is 29.4 Å². The number of likely N-dealkylation sites (tertiary alicyclic amines) is 1. The highest BCUT2D eigenvalue weighted by atomic mass is 32.2. The normalized spacial score (nSPS) is 17.7. The lowest BCUT2D eigenvalue weighted by Gasteiger charge is -2.24. The number of methoxy groups -OCH3 is 1. The molecule has 1 aliphatic heterocycles. The van der Waals surface area contributed by atoms with Gasteiger partial charge in [0, 0.05) is 0 Å². The average molecular weight is 657 g/mol. The number of rotatable bonds is 10. The number of amides is 2. The Balaban J connectivity index is 1.39. The van der Waals surface area contributed by atoms with Crippen molar-refractivity contribution in [2.45, 2.75) is 42.6 Å². The van der Waals surface area contributed by atoms with E-state index in [-0.39, 0.29) is 6.61 Å². The summed E-state index contributed by atoms with van der Waals surface area (Å²) in [7, 11) is -2.88. The van der Waals surface area contributed by atoms with Crippen LogP contribution in [0.25, 0.3) is 0 Å². The molecule has 1 heterocycles. The first-order valence-corrected chi connectivity index (χ1v) is 15.4. The molecule has 0 spiro atoms. The molecule has 1 aliphatic rings. The first-order chi connectivity index (χ1) is 21.8. The van der Waals surface area contributed by atoms with E-state index < -0.39 is 62.3 Å². The van der Waals surface area contributed by atoms with Crippen molar-refractivity contribution < 1.29 is 45.0 Å². The van der Waals surface area contributed by atoms with Crippen molar-refractivity contribution in [2.24, 2.45) is 0 Å². The van der Waals surface area contributed by atoms with E-state index in [2.05, 4.69) is 4.72 Å². The second-order valence-electron chi connectivity index (χ2n) is 10.6. The Labute approximate surface area is 262 Å². The average Bonchev–Trinajstić information content (AvgIpc) is 3.29. The van der Waals surface area contributed by atoms with Gasteiger partial charge in [0.15, 0.2) is 0 Å². The van der Waals surface area contributed by atoms with Crippen LogP contribution >= 0.6 is 0 Å². The van der Waals surface area contributed by atoms with Crippen molar-refractivity contribution in [1.29, 1.82) is 0 Å². The van der Waals surface area contributed by atoms with E-state index in [0.29, 0.717) is 34.8 Å². The van der Waals surface area contributed by atoms with Crippen molar-refractivity contribution >= 4 is 21.8 Å². The summed E-state index contributed by atoms with van der Waals surface area (Å²) < 4.78 is 92.0. The van der Waals surface area contributed by atoms with E-state index >= 15 is 0 Å². The fraction of sp³-hybridized carbons (Fsp3) is 0.212. The number of imide groups is 1. The Morgan fingerprint density at radius 1 is 0.783 bits per heavy atom. The third-order valence-electron chi connectivity index (χ3n) is 7.58. The van der Waals surface area contributed by atoms with Crippen LogP contribution in [0.4, 0.5) is 17.6 Å². The van der Waals surface area contributed by atoms with Crippen LogP contribution in [0.5, 0.6) is 11.5 Å². The Morgan fingerprint density at radius 2 is 1.28 bits per heavy atom. The first kappa shape index (κ1) is 32.6. The zero-order chi connectivity index (χ0) is 33.2. The molecule has 3 atom stereocenters. The summed E-state index contributed by atoms with van der Waals surface area (Å²) in [4.78, 5) is 27.9. The van der Waals surface area contributed by atoms with Gasteiger partial charge in [-0.1, -0.05) is 36.4 Å². The monoisotopic (exact) mass is 656 g/mol. The molecule has 0 aromatic heterocycles. The molecule has 0 saturated carbocycles. The summed E-state index contributed by atoms with van der Waals surface area (Å²) in [6.45, 7) is 1.53. The van der Waals surface area contributed by atoms with Crippen molar-refractivity contribution in [1.82, 2.24) is 9.62 Å². The lowest BCUT2D eigenvalue weighted by atomic mass is 9.83. The molecule has 4 aromatic carbocycles. The number of benzene rings is 4. The van der Waals surface area contributed by atoms with Crippen molar-refractivity contribution in [3.8, 4) is 11.5 Å². The lowest BCUT2D eigenvalue weighted by Crippen LogP contribution is -2.49. The van der Waals surface area contributed by atoms with Crippen molar-refractivity contribution in [2.75, 3.05) is 7.11 Å². The third kappa shape index (κ3) is 6.90. The van der Waals surface area contributed by atoms with Gasteiger partial charge in [-0.25, -0.2) is 12.8 Å². The van der Waals surface area contributed by atoms with Crippen molar-refractivity contribution in [3.05, 3.63) is 125 Å². The molecule has 0 aliphatic carbocycles. The Bertz CT molecular complexity index is 1810. The summed E-state index contributed by atoms with van der Waals surface area (Å²) in [5.41, 5.74) is 0.627. The molecule has 240 valence electrons. The minimum Gasteiger partial charge on any atom is -0.497 e. The van der Waals surface area contributed by atoms with Crippen LogP contribution in [0.15, 0.2) is 102 Å². The number of hydrogen-bond donors (Lipinski definition) is 1. The van der Waals surface area contributed by atoms with E-state index in [4.69, 9.17) is 9.47 Å². The highest BCUT2D eigenvalue weighted by Crippen LogP contribution is 2.43. The molecule has 3 unspecified atom stereocenters. The molecule has 0 radical (unpaired) electrons. The maximum Gasteiger partial charge on any atom is 0.416 e. The molecular weight excluding hydrogens is 628 g/mol. The number of alkyl halides is 3. The van der Waals surface area contributed by atoms with E-state index in [1.807, 2.05) is 12.1 Å². The topological polar surface area (TPSA) is 102 Å². The number of ether oxygens (including phenoxy) is 2. The quantitative estimate of drug-likeness (QED) is 0.166. The van der Waals surface area contributed by atoms with E-state index in [0.717, 1.165) is 34.7 Å². The Morgan fingerprint density at radius 3 is 1.78 bits per heavy atom. The number of carbonyl (C=O) groups is 2. The number of halogens is 4. The molecule has 4 aromatic rings. The first-order valence-electron chi connectivity index (χ1n) is 14.0. The summed E-state index contributed by atoms with van der Waals surface area (Å²) >= 11 is 0. The van der Waals surface area contributed by atoms with Crippen LogP contribution in [-0.4, -0.2) is 38.4 Å².